The van der Waals surface area contributed by atoms with Gasteiger partial charge >= 0.3 is 0 Å². The number of anilines is 1. The van der Waals surface area contributed by atoms with Crippen molar-refractivity contribution in [3.8, 4) is 16.9 Å². The number of aromatic nitrogens is 1. The third-order valence-electron chi connectivity index (χ3n) is 1.77. The van der Waals surface area contributed by atoms with Crippen molar-refractivity contribution >= 4 is 17.0 Å². The SMILES string of the molecule is N#Cc1ncc(Oc2ccc(N)c(F)c2)s1. The van der Waals surface area contributed by atoms with Gasteiger partial charge in [-0.2, -0.15) is 5.26 Å². The molecule has 1 aromatic heterocycles. The van der Waals surface area contributed by atoms with Crippen molar-refractivity contribution in [2.45, 2.75) is 0 Å². The smallest absolute Gasteiger partial charge is 0.201 e. The Hall–Kier alpha value is -2.13. The summed E-state index contributed by atoms with van der Waals surface area (Å²) in [6.45, 7) is 0. The summed E-state index contributed by atoms with van der Waals surface area (Å²) in [5, 5.41) is 9.29. The minimum Gasteiger partial charge on any atom is -0.445 e. The molecule has 0 bridgehead atoms. The normalized spacial score (nSPS) is 9.75. The Labute approximate surface area is 94.7 Å². The summed E-state index contributed by atoms with van der Waals surface area (Å²) in [5.74, 6) is -0.220. The summed E-state index contributed by atoms with van der Waals surface area (Å²) in [4.78, 5) is 3.78. The zero-order valence-corrected chi connectivity index (χ0v) is 8.79. The molecule has 1 heterocycles. The van der Waals surface area contributed by atoms with E-state index < -0.39 is 5.82 Å². The third-order valence-corrected chi connectivity index (χ3v) is 2.55. The van der Waals surface area contributed by atoms with E-state index in [1.807, 2.05) is 6.07 Å². The molecule has 1 aromatic carbocycles. The average Bonchev–Trinajstić information content (AvgIpc) is 2.71. The molecule has 0 unspecified atom stereocenters. The number of ether oxygens (including phenoxy) is 1. The summed E-state index contributed by atoms with van der Waals surface area (Å²) < 4.78 is 18.4. The van der Waals surface area contributed by atoms with E-state index in [0.29, 0.717) is 15.8 Å². The number of nitrogen functional groups attached to an aromatic ring is 1. The first-order chi connectivity index (χ1) is 7.69. The highest BCUT2D eigenvalue weighted by atomic mass is 32.1. The highest BCUT2D eigenvalue weighted by Gasteiger charge is 2.05. The Balaban J connectivity index is 2.21. The van der Waals surface area contributed by atoms with E-state index >= 15 is 0 Å². The molecule has 2 rings (SSSR count). The van der Waals surface area contributed by atoms with Crippen LogP contribution in [0.5, 0.6) is 10.8 Å². The topological polar surface area (TPSA) is 71.9 Å². The molecule has 0 spiro atoms. The predicted octanol–water partition coefficient (Wildman–Crippen LogP) is 2.53. The Morgan fingerprint density at radius 2 is 2.31 bits per heavy atom. The molecule has 0 aliphatic carbocycles. The summed E-state index contributed by atoms with van der Waals surface area (Å²) in [7, 11) is 0. The molecule has 2 aromatic rings. The van der Waals surface area contributed by atoms with Crippen molar-refractivity contribution in [1.82, 2.24) is 4.98 Å². The molecule has 0 radical (unpaired) electrons. The molecule has 0 amide bonds. The van der Waals surface area contributed by atoms with E-state index in [1.165, 1.54) is 18.3 Å². The van der Waals surface area contributed by atoms with Crippen molar-refractivity contribution in [2.24, 2.45) is 0 Å². The number of nitrogens with zero attached hydrogens (tertiary/aromatic N) is 2. The summed E-state index contributed by atoms with van der Waals surface area (Å²) in [6.07, 6.45) is 1.41. The van der Waals surface area contributed by atoms with Crippen LogP contribution in [0.25, 0.3) is 0 Å². The number of halogens is 1. The van der Waals surface area contributed by atoms with Gasteiger partial charge < -0.3 is 10.5 Å². The highest BCUT2D eigenvalue weighted by molar-refractivity contribution is 7.13. The van der Waals surface area contributed by atoms with Gasteiger partial charge in [-0.1, -0.05) is 11.3 Å². The van der Waals surface area contributed by atoms with Gasteiger partial charge in [-0.25, -0.2) is 9.37 Å². The minimum atomic E-state index is -0.539. The summed E-state index contributed by atoms with van der Waals surface area (Å²) in [6, 6.07) is 6.03. The van der Waals surface area contributed by atoms with Crippen LogP contribution in [0, 0.1) is 17.1 Å². The van der Waals surface area contributed by atoms with Crippen molar-refractivity contribution < 1.29 is 9.13 Å². The molecular formula is C10H6FN3OS. The van der Waals surface area contributed by atoms with Crippen LogP contribution in [0.2, 0.25) is 0 Å². The number of hydrogen-bond donors (Lipinski definition) is 1. The lowest BCUT2D eigenvalue weighted by Crippen LogP contribution is -1.90. The van der Waals surface area contributed by atoms with Crippen LogP contribution in [0.3, 0.4) is 0 Å². The predicted molar refractivity (Wildman–Crippen MR) is 57.7 cm³/mol. The first-order valence-corrected chi connectivity index (χ1v) is 5.09. The van der Waals surface area contributed by atoms with Gasteiger partial charge in [0.2, 0.25) is 5.06 Å². The lowest BCUT2D eigenvalue weighted by molar-refractivity contribution is 0.489. The molecule has 16 heavy (non-hydrogen) atoms. The van der Waals surface area contributed by atoms with Crippen LogP contribution in [-0.4, -0.2) is 4.98 Å². The fourth-order valence-electron chi connectivity index (χ4n) is 1.05. The van der Waals surface area contributed by atoms with Crippen molar-refractivity contribution in [3.63, 3.8) is 0 Å². The molecule has 0 saturated heterocycles. The number of benzene rings is 1. The molecule has 0 saturated carbocycles. The average molecular weight is 235 g/mol. The van der Waals surface area contributed by atoms with Crippen LogP contribution in [-0.2, 0) is 0 Å². The molecular weight excluding hydrogens is 229 g/mol. The third kappa shape index (κ3) is 2.10. The van der Waals surface area contributed by atoms with Gasteiger partial charge in [0, 0.05) is 6.07 Å². The Kier molecular flexibility index (Phi) is 2.70. The number of hydrogen-bond acceptors (Lipinski definition) is 5. The minimum absolute atomic E-state index is 0.0642. The summed E-state index contributed by atoms with van der Waals surface area (Å²) >= 11 is 1.09. The van der Waals surface area contributed by atoms with Crippen LogP contribution in [0.15, 0.2) is 24.4 Å². The molecule has 0 aliphatic rings. The van der Waals surface area contributed by atoms with Gasteiger partial charge in [0.15, 0.2) is 5.01 Å². The van der Waals surface area contributed by atoms with Crippen LogP contribution >= 0.6 is 11.3 Å². The first-order valence-electron chi connectivity index (χ1n) is 4.28. The Morgan fingerprint density at radius 1 is 1.50 bits per heavy atom. The molecule has 0 fully saturated rings. The molecule has 0 aliphatic heterocycles. The number of nitriles is 1. The first kappa shape index (κ1) is 10.4. The van der Waals surface area contributed by atoms with E-state index in [9.17, 15) is 4.39 Å². The standard InChI is InChI=1S/C10H6FN3OS/c11-7-3-6(1-2-8(7)13)15-10-5-14-9(4-12)16-10/h1-3,5H,13H2. The van der Waals surface area contributed by atoms with Gasteiger partial charge in [0.05, 0.1) is 11.9 Å². The number of rotatable bonds is 2. The highest BCUT2D eigenvalue weighted by Crippen LogP contribution is 2.28. The van der Waals surface area contributed by atoms with E-state index in [2.05, 4.69) is 4.98 Å². The van der Waals surface area contributed by atoms with E-state index in [1.54, 1.807) is 6.07 Å². The fourth-order valence-corrected chi connectivity index (χ4v) is 1.63. The van der Waals surface area contributed by atoms with Crippen LogP contribution in [0.4, 0.5) is 10.1 Å². The van der Waals surface area contributed by atoms with Crippen molar-refractivity contribution in [1.29, 1.82) is 5.26 Å². The van der Waals surface area contributed by atoms with Gasteiger partial charge in [0.25, 0.3) is 0 Å². The Bertz CT molecular complexity index is 561. The van der Waals surface area contributed by atoms with Crippen molar-refractivity contribution in [3.05, 3.63) is 35.2 Å². The molecule has 4 nitrogen and oxygen atoms in total. The van der Waals surface area contributed by atoms with Gasteiger partial charge in [-0.05, 0) is 12.1 Å². The van der Waals surface area contributed by atoms with E-state index in [4.69, 9.17) is 15.7 Å². The van der Waals surface area contributed by atoms with Gasteiger partial charge in [-0.3, -0.25) is 0 Å². The monoisotopic (exact) mass is 235 g/mol. The van der Waals surface area contributed by atoms with E-state index in [0.717, 1.165) is 11.3 Å². The van der Waals surface area contributed by atoms with Crippen LogP contribution < -0.4 is 10.5 Å². The van der Waals surface area contributed by atoms with Gasteiger partial charge in [-0.15, -0.1) is 0 Å². The molecule has 0 atom stereocenters. The Morgan fingerprint density at radius 3 is 2.94 bits per heavy atom. The quantitative estimate of drug-likeness (QED) is 0.812. The largest absolute Gasteiger partial charge is 0.445 e. The van der Waals surface area contributed by atoms with E-state index in [-0.39, 0.29) is 5.69 Å². The lowest BCUT2D eigenvalue weighted by atomic mass is 10.3. The number of nitrogens with two attached hydrogens (primary N) is 1. The second-order valence-corrected chi connectivity index (χ2v) is 3.87. The number of thiazole rings is 1. The van der Waals surface area contributed by atoms with Crippen molar-refractivity contribution in [2.75, 3.05) is 5.73 Å². The molecule has 6 heteroatoms. The maximum absolute atomic E-state index is 13.1. The molecule has 2 N–H and O–H groups in total. The maximum Gasteiger partial charge on any atom is 0.201 e. The van der Waals surface area contributed by atoms with Gasteiger partial charge in [0.1, 0.15) is 17.6 Å². The molecule has 80 valence electrons. The lowest BCUT2D eigenvalue weighted by Gasteiger charge is -2.02. The zero-order valence-electron chi connectivity index (χ0n) is 7.98. The fraction of sp³-hybridized carbons (Fsp3) is 0. The second kappa shape index (κ2) is 4.16. The summed E-state index contributed by atoms with van der Waals surface area (Å²) in [5.41, 5.74) is 5.39. The van der Waals surface area contributed by atoms with Crippen LogP contribution in [0.1, 0.15) is 5.01 Å². The maximum atomic E-state index is 13.1. The second-order valence-electron chi connectivity index (χ2n) is 2.88. The zero-order chi connectivity index (χ0) is 11.5.